The Morgan fingerprint density at radius 1 is 0.290 bits per heavy atom. The van der Waals surface area contributed by atoms with Gasteiger partial charge in [0.25, 0.3) is 0 Å². The van der Waals surface area contributed by atoms with Crippen LogP contribution in [0, 0.1) is 0 Å². The fourth-order valence-electron chi connectivity index (χ4n) is 11.9. The van der Waals surface area contributed by atoms with Crippen LogP contribution in [0.3, 0.4) is 0 Å². The maximum absolute atomic E-state index is 6.68. The maximum Gasteiger partial charge on any atom is 0.143 e. The number of hydrogen-bond donors (Lipinski definition) is 0. The first kappa shape index (κ1) is 39.2. The lowest BCUT2D eigenvalue weighted by molar-refractivity contribution is 0.670. The maximum atomic E-state index is 6.68. The smallest absolute Gasteiger partial charge is 0.143 e. The van der Waals surface area contributed by atoms with Gasteiger partial charge in [-0.25, -0.2) is 0 Å². The van der Waals surface area contributed by atoms with Gasteiger partial charge in [0.05, 0.1) is 11.1 Å². The fourth-order valence-corrected chi connectivity index (χ4v) is 11.9. The molecule has 11 aromatic carbocycles. The summed E-state index contributed by atoms with van der Waals surface area (Å²) in [5, 5.41) is 2.23. The van der Waals surface area contributed by atoms with Crippen LogP contribution in [0.1, 0.15) is 22.3 Å². The van der Waals surface area contributed by atoms with E-state index in [1.807, 2.05) is 6.07 Å². The third kappa shape index (κ3) is 5.86. The molecule has 0 saturated carbocycles. The molecule has 0 bridgehead atoms. The summed E-state index contributed by atoms with van der Waals surface area (Å²) in [7, 11) is 0. The zero-order chi connectivity index (χ0) is 45.5. The molecule has 1 aromatic heterocycles. The van der Waals surface area contributed by atoms with Crippen molar-refractivity contribution in [3.63, 3.8) is 0 Å². The number of hydrogen-bond acceptors (Lipinski definition) is 2. The fraction of sp³-hybridized carbons (Fsp3) is 0.0149. The molecule has 2 nitrogen and oxygen atoms in total. The second-order valence-corrected chi connectivity index (χ2v) is 18.3. The van der Waals surface area contributed by atoms with Crippen molar-refractivity contribution in [1.82, 2.24) is 0 Å². The zero-order valence-electron chi connectivity index (χ0n) is 37.7. The van der Waals surface area contributed by atoms with E-state index in [0.717, 1.165) is 72.4 Å². The molecule has 1 heterocycles. The van der Waals surface area contributed by atoms with Gasteiger partial charge in [-0.3, -0.25) is 0 Å². The van der Waals surface area contributed by atoms with E-state index in [4.69, 9.17) is 4.42 Å². The summed E-state index contributed by atoms with van der Waals surface area (Å²) < 4.78 is 6.68. The predicted molar refractivity (Wildman–Crippen MR) is 286 cm³/mol. The Labute approximate surface area is 401 Å². The summed E-state index contributed by atoms with van der Waals surface area (Å²) in [6.45, 7) is 0. The lowest BCUT2D eigenvalue weighted by atomic mass is 9.70. The highest BCUT2D eigenvalue weighted by molar-refractivity contribution is 6.10. The number of rotatable bonds is 7. The molecule has 0 N–H and O–H groups in total. The highest BCUT2D eigenvalue weighted by atomic mass is 16.3. The average Bonchev–Trinajstić information content (AvgIpc) is 4.06. The minimum atomic E-state index is -0.506. The Morgan fingerprint density at radius 3 is 1.46 bits per heavy atom. The third-order valence-corrected chi connectivity index (χ3v) is 14.7. The van der Waals surface area contributed by atoms with E-state index in [0.29, 0.717) is 0 Å². The van der Waals surface area contributed by atoms with Gasteiger partial charge in [-0.15, -0.1) is 0 Å². The van der Waals surface area contributed by atoms with E-state index in [-0.39, 0.29) is 0 Å². The van der Waals surface area contributed by atoms with Crippen LogP contribution >= 0.6 is 0 Å². The van der Waals surface area contributed by atoms with Crippen molar-refractivity contribution in [2.24, 2.45) is 0 Å². The minimum absolute atomic E-state index is 0.506. The molecule has 2 heteroatoms. The predicted octanol–water partition coefficient (Wildman–Crippen LogP) is 18.1. The molecular formula is C67H43NO. The monoisotopic (exact) mass is 877 g/mol. The van der Waals surface area contributed by atoms with Gasteiger partial charge < -0.3 is 9.32 Å². The summed E-state index contributed by atoms with van der Waals surface area (Å²) in [4.78, 5) is 2.51. The van der Waals surface area contributed by atoms with E-state index in [1.165, 1.54) is 55.6 Å². The van der Waals surface area contributed by atoms with Crippen LogP contribution in [0.2, 0.25) is 0 Å². The first-order valence-corrected chi connectivity index (χ1v) is 23.8. The topological polar surface area (TPSA) is 16.4 Å². The van der Waals surface area contributed by atoms with Gasteiger partial charge in [0.2, 0.25) is 0 Å². The second-order valence-electron chi connectivity index (χ2n) is 18.3. The standard InChI is InChI=1S/C67H43NO/c1-3-20-44(21-4-1)49-26-7-8-31-57(49)65-50(45-22-5-2-6-23-45)32-19-38-63(65)68(47-25-17-24-46(42-47)51-33-18-34-58-56-30-12-16-39-64(56)69-66(51)58)48-40-41-55-54-29-11-15-37-61(54)67(62(55)43-48)59-35-13-9-27-52(59)53-28-10-14-36-60(53)67/h1-43H. The number of para-hydroxylation sites is 2. The molecule has 0 saturated heterocycles. The van der Waals surface area contributed by atoms with E-state index in [1.54, 1.807) is 0 Å². The SMILES string of the molecule is c1ccc(-c2ccccc2-c2c(-c3ccccc3)cccc2N(c2cccc(-c3cccc4c3oc3ccccc34)c2)c2ccc3c(c2)C2(c4ccccc4-c4ccccc42)c2ccccc2-3)cc1. The first-order valence-electron chi connectivity index (χ1n) is 23.8. The average molecular weight is 878 g/mol. The van der Waals surface area contributed by atoms with Crippen LogP contribution in [0.15, 0.2) is 265 Å². The molecule has 0 amide bonds. The van der Waals surface area contributed by atoms with Crippen molar-refractivity contribution in [3.8, 4) is 66.8 Å². The van der Waals surface area contributed by atoms with Crippen LogP contribution in [0.25, 0.3) is 88.7 Å². The molecule has 0 radical (unpaired) electrons. The van der Waals surface area contributed by atoms with Gasteiger partial charge >= 0.3 is 0 Å². The minimum Gasteiger partial charge on any atom is -0.455 e. The molecule has 2 aliphatic carbocycles. The number of anilines is 3. The highest BCUT2D eigenvalue weighted by Crippen LogP contribution is 2.63. The summed E-state index contributed by atoms with van der Waals surface area (Å²) in [6, 6.07) is 95.7. The van der Waals surface area contributed by atoms with Crippen LogP contribution in [0.4, 0.5) is 17.1 Å². The van der Waals surface area contributed by atoms with Gasteiger partial charge in [0, 0.05) is 33.3 Å². The molecule has 322 valence electrons. The number of benzene rings is 11. The number of nitrogens with zero attached hydrogens (tertiary/aromatic N) is 1. The summed E-state index contributed by atoms with van der Waals surface area (Å²) >= 11 is 0. The first-order chi connectivity index (χ1) is 34.3. The van der Waals surface area contributed by atoms with E-state index in [2.05, 4.69) is 260 Å². The van der Waals surface area contributed by atoms with Crippen molar-refractivity contribution < 1.29 is 4.42 Å². The van der Waals surface area contributed by atoms with Gasteiger partial charge in [0.1, 0.15) is 11.2 Å². The van der Waals surface area contributed by atoms with E-state index >= 15 is 0 Å². The van der Waals surface area contributed by atoms with Crippen molar-refractivity contribution in [3.05, 3.63) is 283 Å². The van der Waals surface area contributed by atoms with E-state index < -0.39 is 5.41 Å². The Bertz CT molecular complexity index is 3910. The molecule has 2 aliphatic rings. The van der Waals surface area contributed by atoms with Crippen molar-refractivity contribution in [1.29, 1.82) is 0 Å². The summed E-state index contributed by atoms with van der Waals surface area (Å²) in [6.07, 6.45) is 0. The summed E-state index contributed by atoms with van der Waals surface area (Å²) in [5.74, 6) is 0. The van der Waals surface area contributed by atoms with Crippen LogP contribution in [0.5, 0.6) is 0 Å². The number of fused-ring (bicyclic) bond motifs is 13. The molecule has 0 aliphatic heterocycles. The summed E-state index contributed by atoms with van der Waals surface area (Å²) in [5.41, 5.74) is 24.0. The van der Waals surface area contributed by atoms with Crippen LogP contribution in [-0.2, 0) is 5.41 Å². The lowest BCUT2D eigenvalue weighted by Gasteiger charge is -2.33. The molecule has 0 unspecified atom stereocenters. The molecular weight excluding hydrogens is 835 g/mol. The van der Waals surface area contributed by atoms with Crippen LogP contribution in [-0.4, -0.2) is 0 Å². The van der Waals surface area contributed by atoms with E-state index in [9.17, 15) is 0 Å². The quantitative estimate of drug-likeness (QED) is 0.159. The lowest BCUT2D eigenvalue weighted by Crippen LogP contribution is -2.26. The molecule has 0 fully saturated rings. The molecule has 14 rings (SSSR count). The normalized spacial score (nSPS) is 12.8. The van der Waals surface area contributed by atoms with Crippen molar-refractivity contribution >= 4 is 39.0 Å². The largest absolute Gasteiger partial charge is 0.455 e. The Hall–Kier alpha value is -8.98. The molecule has 69 heavy (non-hydrogen) atoms. The Balaban J connectivity index is 1.07. The zero-order valence-corrected chi connectivity index (χ0v) is 37.7. The van der Waals surface area contributed by atoms with Crippen LogP contribution < -0.4 is 4.90 Å². The number of furan rings is 1. The van der Waals surface area contributed by atoms with Gasteiger partial charge in [-0.2, -0.15) is 0 Å². The van der Waals surface area contributed by atoms with Crippen molar-refractivity contribution in [2.75, 3.05) is 4.90 Å². The van der Waals surface area contributed by atoms with Crippen molar-refractivity contribution in [2.45, 2.75) is 5.41 Å². The molecule has 1 spiro atoms. The van der Waals surface area contributed by atoms with Gasteiger partial charge in [-0.05, 0) is 114 Å². The highest BCUT2D eigenvalue weighted by Gasteiger charge is 2.51. The van der Waals surface area contributed by atoms with Gasteiger partial charge in [-0.1, -0.05) is 224 Å². The van der Waals surface area contributed by atoms with Gasteiger partial charge in [0.15, 0.2) is 0 Å². The Kier molecular flexibility index (Phi) is 8.84. The molecule has 12 aromatic rings. The third-order valence-electron chi connectivity index (χ3n) is 14.7. The Morgan fingerprint density at radius 2 is 0.768 bits per heavy atom. The second kappa shape index (κ2) is 15.6. The molecule has 0 atom stereocenters.